The minimum Gasteiger partial charge on any atom is -0.485 e. The number of hydrogen-bond acceptors (Lipinski definition) is 4. The van der Waals surface area contributed by atoms with Crippen molar-refractivity contribution in [3.63, 3.8) is 0 Å². The third-order valence-corrected chi connectivity index (χ3v) is 3.05. The molecule has 0 fully saturated rings. The minimum atomic E-state index is -0.961. The van der Waals surface area contributed by atoms with Gasteiger partial charge in [0.05, 0.1) is 5.56 Å². The van der Waals surface area contributed by atoms with E-state index < -0.39 is 5.97 Å². The lowest BCUT2D eigenvalue weighted by atomic mass is 10.1. The molecule has 0 aliphatic rings. The minimum absolute atomic E-state index is 0.242. The van der Waals surface area contributed by atoms with Crippen molar-refractivity contribution in [1.82, 2.24) is 14.8 Å². The Morgan fingerprint density at radius 1 is 1.37 bits per heavy atom. The zero-order valence-electron chi connectivity index (χ0n) is 11.0. The summed E-state index contributed by atoms with van der Waals surface area (Å²) in [7, 11) is 1.86. The number of carboxylic acid groups (broad SMARTS) is 1. The van der Waals surface area contributed by atoms with Gasteiger partial charge in [-0.15, -0.1) is 10.2 Å². The predicted octanol–water partition coefficient (Wildman–Crippen LogP) is 1.71. The average molecular weight is 261 g/mol. The Bertz CT molecular complexity index is 620. The molecule has 6 nitrogen and oxygen atoms in total. The van der Waals surface area contributed by atoms with Crippen molar-refractivity contribution in [3.05, 3.63) is 41.0 Å². The summed E-state index contributed by atoms with van der Waals surface area (Å²) in [5.41, 5.74) is 0.848. The third kappa shape index (κ3) is 2.57. The number of aromatic carboxylic acids is 1. The van der Waals surface area contributed by atoms with Gasteiger partial charge in [-0.05, 0) is 26.0 Å². The topological polar surface area (TPSA) is 77.2 Å². The highest BCUT2D eigenvalue weighted by Gasteiger charge is 2.12. The molecule has 1 heterocycles. The van der Waals surface area contributed by atoms with E-state index in [0.717, 1.165) is 5.82 Å². The fourth-order valence-electron chi connectivity index (χ4n) is 1.72. The number of ether oxygens (including phenoxy) is 1. The molecule has 0 aliphatic heterocycles. The molecular formula is C13H15N3O3. The molecule has 0 saturated carbocycles. The number of aryl methyl sites for hydroxylation is 1. The van der Waals surface area contributed by atoms with Crippen molar-refractivity contribution in [2.75, 3.05) is 0 Å². The molecule has 0 radical (unpaired) electrons. The summed E-state index contributed by atoms with van der Waals surface area (Å²) < 4.78 is 7.45. The van der Waals surface area contributed by atoms with E-state index in [9.17, 15) is 4.79 Å². The highest BCUT2D eigenvalue weighted by Crippen LogP contribution is 2.22. The summed E-state index contributed by atoms with van der Waals surface area (Å²) >= 11 is 0. The number of nitrogens with zero attached hydrogens (tertiary/aromatic N) is 3. The van der Waals surface area contributed by atoms with E-state index >= 15 is 0 Å². The van der Waals surface area contributed by atoms with Crippen molar-refractivity contribution in [1.29, 1.82) is 0 Å². The Morgan fingerprint density at radius 2 is 2.11 bits per heavy atom. The van der Waals surface area contributed by atoms with E-state index in [1.54, 1.807) is 25.1 Å². The van der Waals surface area contributed by atoms with Crippen molar-refractivity contribution in [2.45, 2.75) is 20.5 Å². The van der Waals surface area contributed by atoms with E-state index in [0.29, 0.717) is 17.1 Å². The van der Waals surface area contributed by atoms with Crippen molar-refractivity contribution in [2.24, 2.45) is 7.05 Å². The molecule has 0 aliphatic carbocycles. The fourth-order valence-corrected chi connectivity index (χ4v) is 1.72. The van der Waals surface area contributed by atoms with Crippen LogP contribution in [0.4, 0.5) is 0 Å². The average Bonchev–Trinajstić information content (AvgIpc) is 2.68. The molecule has 1 aromatic heterocycles. The van der Waals surface area contributed by atoms with Crippen LogP contribution in [0.25, 0.3) is 0 Å². The molecule has 0 amide bonds. The third-order valence-electron chi connectivity index (χ3n) is 3.05. The molecule has 0 saturated heterocycles. The van der Waals surface area contributed by atoms with Gasteiger partial charge in [0.25, 0.3) is 0 Å². The Hall–Kier alpha value is -2.37. The van der Waals surface area contributed by atoms with Crippen LogP contribution in [-0.4, -0.2) is 25.8 Å². The first-order valence-corrected chi connectivity index (χ1v) is 5.81. The second kappa shape index (κ2) is 5.09. The lowest BCUT2D eigenvalue weighted by molar-refractivity contribution is 0.0695. The van der Waals surface area contributed by atoms with E-state index in [1.165, 1.54) is 0 Å². The molecule has 19 heavy (non-hydrogen) atoms. The van der Waals surface area contributed by atoms with Gasteiger partial charge < -0.3 is 14.4 Å². The SMILES string of the molecule is Cc1c(OCc2nnc(C)n2C)cccc1C(=O)O. The summed E-state index contributed by atoms with van der Waals surface area (Å²) in [5.74, 6) is 1.07. The molecule has 2 aromatic rings. The zero-order valence-corrected chi connectivity index (χ0v) is 11.0. The molecular weight excluding hydrogens is 246 g/mol. The number of aromatic nitrogens is 3. The molecule has 2 rings (SSSR count). The van der Waals surface area contributed by atoms with Gasteiger partial charge >= 0.3 is 5.97 Å². The molecule has 0 atom stereocenters. The van der Waals surface area contributed by atoms with Gasteiger partial charge in [0, 0.05) is 12.6 Å². The smallest absolute Gasteiger partial charge is 0.336 e. The highest BCUT2D eigenvalue weighted by molar-refractivity contribution is 5.90. The second-order valence-electron chi connectivity index (χ2n) is 4.24. The fraction of sp³-hybridized carbons (Fsp3) is 0.308. The summed E-state index contributed by atoms with van der Waals surface area (Å²) in [6, 6.07) is 4.95. The van der Waals surface area contributed by atoms with E-state index in [4.69, 9.17) is 9.84 Å². The normalized spacial score (nSPS) is 10.5. The van der Waals surface area contributed by atoms with Crippen molar-refractivity contribution >= 4 is 5.97 Å². The zero-order chi connectivity index (χ0) is 14.0. The number of carboxylic acids is 1. The van der Waals surface area contributed by atoms with Gasteiger partial charge in [-0.1, -0.05) is 6.07 Å². The number of hydrogen-bond donors (Lipinski definition) is 1. The second-order valence-corrected chi connectivity index (χ2v) is 4.24. The molecule has 0 spiro atoms. The Kier molecular flexibility index (Phi) is 3.50. The van der Waals surface area contributed by atoms with Crippen LogP contribution in [0.5, 0.6) is 5.75 Å². The maximum atomic E-state index is 11.0. The summed E-state index contributed by atoms with van der Waals surface area (Å²) in [5, 5.41) is 17.0. The van der Waals surface area contributed by atoms with Crippen LogP contribution in [0, 0.1) is 13.8 Å². The summed E-state index contributed by atoms with van der Waals surface area (Å²) in [6.07, 6.45) is 0. The lowest BCUT2D eigenvalue weighted by Crippen LogP contribution is -2.07. The highest BCUT2D eigenvalue weighted by atomic mass is 16.5. The van der Waals surface area contributed by atoms with Gasteiger partial charge in [0.2, 0.25) is 0 Å². The molecule has 0 unspecified atom stereocenters. The summed E-state index contributed by atoms with van der Waals surface area (Å²) in [6.45, 7) is 3.83. The van der Waals surface area contributed by atoms with Crippen LogP contribution in [0.3, 0.4) is 0 Å². The number of benzene rings is 1. The van der Waals surface area contributed by atoms with Crippen LogP contribution >= 0.6 is 0 Å². The standard InChI is InChI=1S/C13H15N3O3/c1-8-10(13(17)18)5-4-6-11(8)19-7-12-15-14-9(2)16(12)3/h4-6H,7H2,1-3H3,(H,17,18). The first-order chi connectivity index (χ1) is 9.00. The van der Waals surface area contributed by atoms with Gasteiger partial charge in [-0.2, -0.15) is 0 Å². The van der Waals surface area contributed by atoms with Crippen LogP contribution in [0.2, 0.25) is 0 Å². The van der Waals surface area contributed by atoms with Gasteiger partial charge in [-0.25, -0.2) is 4.79 Å². The van der Waals surface area contributed by atoms with Crippen LogP contribution in [0.15, 0.2) is 18.2 Å². The molecule has 1 aromatic carbocycles. The van der Waals surface area contributed by atoms with Crippen LogP contribution in [0.1, 0.15) is 27.6 Å². The quantitative estimate of drug-likeness (QED) is 0.906. The first kappa shape index (κ1) is 13.1. The lowest BCUT2D eigenvalue weighted by Gasteiger charge is -2.10. The molecule has 1 N–H and O–H groups in total. The maximum Gasteiger partial charge on any atom is 0.336 e. The largest absolute Gasteiger partial charge is 0.485 e. The van der Waals surface area contributed by atoms with Crippen LogP contribution in [-0.2, 0) is 13.7 Å². The number of carbonyl (C=O) groups is 1. The van der Waals surface area contributed by atoms with Crippen molar-refractivity contribution < 1.29 is 14.6 Å². The predicted molar refractivity (Wildman–Crippen MR) is 68.2 cm³/mol. The van der Waals surface area contributed by atoms with Gasteiger partial charge in [0.1, 0.15) is 18.2 Å². The summed E-state index contributed by atoms with van der Waals surface area (Å²) in [4.78, 5) is 11.0. The molecule has 0 bridgehead atoms. The van der Waals surface area contributed by atoms with Crippen LogP contribution < -0.4 is 4.74 Å². The monoisotopic (exact) mass is 261 g/mol. The van der Waals surface area contributed by atoms with E-state index in [1.807, 2.05) is 18.5 Å². The number of rotatable bonds is 4. The first-order valence-electron chi connectivity index (χ1n) is 5.81. The van der Waals surface area contributed by atoms with E-state index in [-0.39, 0.29) is 12.2 Å². The van der Waals surface area contributed by atoms with E-state index in [2.05, 4.69) is 10.2 Å². The maximum absolute atomic E-state index is 11.0. The Morgan fingerprint density at radius 3 is 2.68 bits per heavy atom. The molecule has 6 heteroatoms. The van der Waals surface area contributed by atoms with Gasteiger partial charge in [0.15, 0.2) is 5.82 Å². The van der Waals surface area contributed by atoms with Gasteiger partial charge in [-0.3, -0.25) is 0 Å². The van der Waals surface area contributed by atoms with Crippen molar-refractivity contribution in [3.8, 4) is 5.75 Å². The molecule has 100 valence electrons. The Labute approximate surface area is 110 Å². The Balaban J connectivity index is 2.18.